The van der Waals surface area contributed by atoms with E-state index < -0.39 is 0 Å². The lowest BCUT2D eigenvalue weighted by Crippen LogP contribution is -2.03. The zero-order valence-electron chi connectivity index (χ0n) is 7.52. The molecule has 0 radical (unpaired) electrons. The van der Waals surface area contributed by atoms with Crippen molar-refractivity contribution in [2.75, 3.05) is 6.16 Å². The van der Waals surface area contributed by atoms with E-state index in [1.807, 2.05) is 0 Å². The lowest BCUT2D eigenvalue weighted by molar-refractivity contribution is 0.371. The first-order valence-corrected chi connectivity index (χ1v) is 5.95. The summed E-state index contributed by atoms with van der Waals surface area (Å²) in [7, 11) is 2.86. The highest BCUT2D eigenvalue weighted by Crippen LogP contribution is 2.24. The van der Waals surface area contributed by atoms with E-state index in [2.05, 4.69) is 9.24 Å². The quantitative estimate of drug-likeness (QED) is 0.558. The van der Waals surface area contributed by atoms with Gasteiger partial charge in [-0.3, -0.25) is 0 Å². The van der Waals surface area contributed by atoms with Crippen molar-refractivity contribution >= 4 is 9.24 Å². The van der Waals surface area contributed by atoms with Crippen LogP contribution in [0.2, 0.25) is 0 Å². The Morgan fingerprint density at radius 1 is 0.909 bits per heavy atom. The predicted octanol–water partition coefficient (Wildman–Crippen LogP) is 3.61. The first-order valence-electron chi connectivity index (χ1n) is 5.13. The van der Waals surface area contributed by atoms with Crippen LogP contribution in [0.4, 0.5) is 0 Å². The molecule has 0 amide bonds. The van der Waals surface area contributed by atoms with Crippen LogP contribution < -0.4 is 0 Å². The van der Waals surface area contributed by atoms with Crippen LogP contribution in [0.25, 0.3) is 0 Å². The van der Waals surface area contributed by atoms with Gasteiger partial charge in [-0.05, 0) is 18.5 Å². The molecule has 0 aromatic heterocycles. The highest BCUT2D eigenvalue weighted by atomic mass is 31.0. The van der Waals surface area contributed by atoms with Crippen molar-refractivity contribution in [2.24, 2.45) is 5.92 Å². The van der Waals surface area contributed by atoms with E-state index in [0.29, 0.717) is 0 Å². The molecule has 0 spiro atoms. The molecule has 11 heavy (non-hydrogen) atoms. The largest absolute Gasteiger partial charge is 0.138 e. The van der Waals surface area contributed by atoms with Crippen molar-refractivity contribution in [3.05, 3.63) is 0 Å². The number of hydrogen-bond donors (Lipinski definition) is 0. The van der Waals surface area contributed by atoms with Crippen molar-refractivity contribution in [1.29, 1.82) is 0 Å². The van der Waals surface area contributed by atoms with Crippen molar-refractivity contribution < 1.29 is 0 Å². The summed E-state index contributed by atoms with van der Waals surface area (Å²) < 4.78 is 0. The monoisotopic (exact) mass is 172 g/mol. The van der Waals surface area contributed by atoms with Crippen LogP contribution >= 0.6 is 9.24 Å². The molecule has 0 N–H and O–H groups in total. The molecular weight excluding hydrogens is 151 g/mol. The molecule has 1 heteroatoms. The second kappa shape index (κ2) is 6.00. The Morgan fingerprint density at radius 3 is 2.00 bits per heavy atom. The summed E-state index contributed by atoms with van der Waals surface area (Å²) in [4.78, 5) is 0. The second-order valence-corrected chi connectivity index (χ2v) is 4.37. The zero-order valence-corrected chi connectivity index (χ0v) is 8.67. The Bertz CT molecular complexity index is 82.9. The van der Waals surface area contributed by atoms with E-state index in [1.165, 1.54) is 57.5 Å². The highest BCUT2D eigenvalue weighted by Gasteiger charge is 2.09. The topological polar surface area (TPSA) is 0 Å². The van der Waals surface area contributed by atoms with Crippen molar-refractivity contribution in [1.82, 2.24) is 0 Å². The molecule has 1 aliphatic rings. The summed E-state index contributed by atoms with van der Waals surface area (Å²) in [5.74, 6) is 1.06. The minimum Gasteiger partial charge on any atom is -0.138 e. The van der Waals surface area contributed by atoms with Gasteiger partial charge in [-0.1, -0.05) is 44.9 Å². The fraction of sp³-hybridized carbons (Fsp3) is 1.00. The summed E-state index contributed by atoms with van der Waals surface area (Å²) >= 11 is 0. The molecule has 0 heterocycles. The Labute approximate surface area is 73.3 Å². The maximum atomic E-state index is 2.86. The molecule has 0 saturated heterocycles. The van der Waals surface area contributed by atoms with Crippen LogP contribution in [0.15, 0.2) is 0 Å². The molecule has 0 bridgehead atoms. The third-order valence-electron chi connectivity index (χ3n) is 2.80. The van der Waals surface area contributed by atoms with Gasteiger partial charge in [0.2, 0.25) is 0 Å². The van der Waals surface area contributed by atoms with Crippen LogP contribution in [0.5, 0.6) is 0 Å². The molecule has 1 fully saturated rings. The molecule has 0 aromatic rings. The lowest BCUT2D eigenvalue weighted by Gasteiger charge is -2.18. The van der Waals surface area contributed by atoms with Crippen LogP contribution in [0, 0.1) is 5.92 Å². The van der Waals surface area contributed by atoms with Gasteiger partial charge in [-0.15, -0.1) is 9.24 Å². The van der Waals surface area contributed by atoms with Crippen LogP contribution in [-0.2, 0) is 0 Å². The molecular formula is C10H21P. The van der Waals surface area contributed by atoms with Gasteiger partial charge in [0.1, 0.15) is 0 Å². The molecule has 1 rings (SSSR count). The summed E-state index contributed by atoms with van der Waals surface area (Å²) in [6.07, 6.45) is 13.2. The normalized spacial score (nSPS) is 22.6. The Balaban J connectivity index is 2.15. The van der Waals surface area contributed by atoms with Gasteiger partial charge >= 0.3 is 0 Å². The Morgan fingerprint density at radius 2 is 1.45 bits per heavy atom. The van der Waals surface area contributed by atoms with E-state index in [0.717, 1.165) is 5.92 Å². The van der Waals surface area contributed by atoms with E-state index >= 15 is 0 Å². The highest BCUT2D eigenvalue weighted by molar-refractivity contribution is 7.16. The van der Waals surface area contributed by atoms with Crippen molar-refractivity contribution in [3.63, 3.8) is 0 Å². The second-order valence-electron chi connectivity index (χ2n) is 3.79. The summed E-state index contributed by atoms with van der Waals surface area (Å²) in [5.41, 5.74) is 0. The minimum atomic E-state index is 1.06. The molecule has 0 nitrogen and oxygen atoms in total. The molecule has 66 valence electrons. The molecule has 1 saturated carbocycles. The van der Waals surface area contributed by atoms with E-state index in [4.69, 9.17) is 0 Å². The van der Waals surface area contributed by atoms with E-state index in [9.17, 15) is 0 Å². The predicted molar refractivity (Wildman–Crippen MR) is 55.0 cm³/mol. The first-order chi connectivity index (χ1) is 5.43. The molecule has 1 aliphatic carbocycles. The minimum absolute atomic E-state index is 1.06. The van der Waals surface area contributed by atoms with Gasteiger partial charge in [-0.25, -0.2) is 0 Å². The first kappa shape index (κ1) is 9.52. The standard InChI is InChI=1S/C10H21P/c11-9-8-10-6-4-2-1-3-5-7-10/h10H,1-9,11H2. The summed E-state index contributed by atoms with van der Waals surface area (Å²) in [5, 5.41) is 0. The van der Waals surface area contributed by atoms with Gasteiger partial charge in [0.25, 0.3) is 0 Å². The van der Waals surface area contributed by atoms with Gasteiger partial charge in [0.15, 0.2) is 0 Å². The maximum Gasteiger partial charge on any atom is -0.0378 e. The van der Waals surface area contributed by atoms with Crippen LogP contribution in [-0.4, -0.2) is 6.16 Å². The lowest BCUT2D eigenvalue weighted by atomic mass is 9.89. The Kier molecular flexibility index (Phi) is 5.19. The smallest absolute Gasteiger partial charge is 0.0378 e. The summed E-state index contributed by atoms with van der Waals surface area (Å²) in [6.45, 7) is 0. The molecule has 1 unspecified atom stereocenters. The molecule has 0 aromatic carbocycles. The van der Waals surface area contributed by atoms with Crippen molar-refractivity contribution in [3.8, 4) is 0 Å². The van der Waals surface area contributed by atoms with Crippen molar-refractivity contribution in [2.45, 2.75) is 51.4 Å². The Hall–Kier alpha value is 0.430. The summed E-state index contributed by atoms with van der Waals surface area (Å²) in [6, 6.07) is 0. The van der Waals surface area contributed by atoms with Gasteiger partial charge in [-0.2, -0.15) is 0 Å². The van der Waals surface area contributed by atoms with Gasteiger partial charge in [0, 0.05) is 0 Å². The average Bonchev–Trinajstić information content (AvgIpc) is 1.94. The molecule has 1 atom stereocenters. The van der Waals surface area contributed by atoms with E-state index in [-0.39, 0.29) is 0 Å². The SMILES string of the molecule is PCCC1CCCCCCC1. The van der Waals surface area contributed by atoms with Crippen LogP contribution in [0.3, 0.4) is 0 Å². The fourth-order valence-electron chi connectivity index (χ4n) is 2.07. The third kappa shape index (κ3) is 4.11. The third-order valence-corrected chi connectivity index (χ3v) is 3.13. The maximum absolute atomic E-state index is 2.86. The number of hydrogen-bond acceptors (Lipinski definition) is 0. The van der Waals surface area contributed by atoms with E-state index in [1.54, 1.807) is 0 Å². The zero-order chi connectivity index (χ0) is 7.94. The van der Waals surface area contributed by atoms with Crippen LogP contribution in [0.1, 0.15) is 51.4 Å². The van der Waals surface area contributed by atoms with Gasteiger partial charge in [0.05, 0.1) is 0 Å². The average molecular weight is 172 g/mol. The van der Waals surface area contributed by atoms with Gasteiger partial charge < -0.3 is 0 Å². The number of rotatable bonds is 2. The molecule has 0 aliphatic heterocycles. The fourth-order valence-corrected chi connectivity index (χ4v) is 2.54.